The Kier molecular flexibility index (Phi) is 2.01. The Morgan fingerprint density at radius 3 is 2.67 bits per heavy atom. The highest BCUT2D eigenvalue weighted by atomic mass is 35.5. The zero-order valence-electron chi connectivity index (χ0n) is 5.51. The molecule has 0 spiro atoms. The van der Waals surface area contributed by atoms with E-state index in [0.29, 0.717) is 0 Å². The van der Waals surface area contributed by atoms with Gasteiger partial charge in [0.15, 0.2) is 0 Å². The Morgan fingerprint density at radius 2 is 2.33 bits per heavy atom. The monoisotopic (exact) mass is 196 g/mol. The topological polar surface area (TPSA) is 66.0 Å². The first-order valence-corrected chi connectivity index (χ1v) is 3.14. The van der Waals surface area contributed by atoms with E-state index >= 15 is 0 Å². The van der Waals surface area contributed by atoms with E-state index in [2.05, 4.69) is 16.7 Å². The van der Waals surface area contributed by atoms with Gasteiger partial charge in [-0.05, 0) is 11.6 Å². The first kappa shape index (κ1) is 8.92. The van der Waals surface area contributed by atoms with Gasteiger partial charge in [-0.2, -0.15) is 13.9 Å². The van der Waals surface area contributed by atoms with Gasteiger partial charge in [0.25, 0.3) is 0 Å². The average molecular weight is 197 g/mol. The van der Waals surface area contributed by atoms with E-state index in [-0.39, 0.29) is 0 Å². The quantitative estimate of drug-likeness (QED) is 0.703. The summed E-state index contributed by atoms with van der Waals surface area (Å²) in [4.78, 5) is 10.3. The number of aromatic carboxylic acids is 1. The summed E-state index contributed by atoms with van der Waals surface area (Å²) in [6.07, 6.45) is 0.772. The molecular formula is C5H3ClF2N2O2. The lowest BCUT2D eigenvalue weighted by atomic mass is 10.2. The fourth-order valence-electron chi connectivity index (χ4n) is 0.664. The van der Waals surface area contributed by atoms with Gasteiger partial charge in [-0.25, -0.2) is 4.79 Å². The van der Waals surface area contributed by atoms with E-state index in [4.69, 9.17) is 5.11 Å². The molecular weight excluding hydrogens is 194 g/mol. The summed E-state index contributed by atoms with van der Waals surface area (Å²) in [5, 5.41) is 9.59. The number of hydrogen-bond acceptors (Lipinski definition) is 2. The zero-order valence-corrected chi connectivity index (χ0v) is 6.27. The van der Waals surface area contributed by atoms with Gasteiger partial charge in [0, 0.05) is 0 Å². The highest BCUT2D eigenvalue weighted by Crippen LogP contribution is 2.32. The molecule has 12 heavy (non-hydrogen) atoms. The van der Waals surface area contributed by atoms with Crippen LogP contribution in [0.1, 0.15) is 16.1 Å². The van der Waals surface area contributed by atoms with Gasteiger partial charge < -0.3 is 5.11 Å². The van der Waals surface area contributed by atoms with Crippen LogP contribution in [-0.2, 0) is 5.38 Å². The molecule has 0 aliphatic rings. The van der Waals surface area contributed by atoms with Crippen molar-refractivity contribution in [1.82, 2.24) is 10.2 Å². The molecule has 2 N–H and O–H groups in total. The molecule has 66 valence electrons. The third kappa shape index (κ3) is 1.53. The molecule has 1 aromatic heterocycles. The minimum absolute atomic E-state index is 0.630. The molecule has 0 radical (unpaired) electrons. The normalized spacial score (nSPS) is 11.6. The second-order valence-corrected chi connectivity index (χ2v) is 2.44. The van der Waals surface area contributed by atoms with Gasteiger partial charge in [0.2, 0.25) is 0 Å². The van der Waals surface area contributed by atoms with Crippen LogP contribution in [0.4, 0.5) is 8.78 Å². The van der Waals surface area contributed by atoms with Crippen LogP contribution in [-0.4, -0.2) is 21.3 Å². The number of aromatic nitrogens is 2. The number of nitrogens with one attached hydrogen (secondary N) is 1. The summed E-state index contributed by atoms with van der Waals surface area (Å²) in [7, 11) is 0. The SMILES string of the molecule is O=C(O)c1cn[nH]c1C(F)(F)Cl. The number of carboxylic acid groups (broad SMARTS) is 1. The number of alkyl halides is 3. The summed E-state index contributed by atoms with van der Waals surface area (Å²) in [5.74, 6) is -1.50. The van der Waals surface area contributed by atoms with Gasteiger partial charge in [0.1, 0.15) is 11.3 Å². The van der Waals surface area contributed by atoms with Gasteiger partial charge in [-0.1, -0.05) is 0 Å². The highest BCUT2D eigenvalue weighted by Gasteiger charge is 2.35. The van der Waals surface area contributed by atoms with Crippen molar-refractivity contribution in [1.29, 1.82) is 0 Å². The van der Waals surface area contributed by atoms with E-state index in [1.165, 1.54) is 0 Å². The van der Waals surface area contributed by atoms with Crippen molar-refractivity contribution in [3.63, 3.8) is 0 Å². The summed E-state index contributed by atoms with van der Waals surface area (Å²) in [5.41, 5.74) is -1.54. The van der Waals surface area contributed by atoms with Gasteiger partial charge in [0.05, 0.1) is 6.20 Å². The minimum Gasteiger partial charge on any atom is -0.478 e. The van der Waals surface area contributed by atoms with Crippen molar-refractivity contribution in [2.24, 2.45) is 0 Å². The average Bonchev–Trinajstić information content (AvgIpc) is 2.30. The van der Waals surface area contributed by atoms with E-state index < -0.39 is 22.6 Å². The molecule has 0 unspecified atom stereocenters. The number of H-pyrrole nitrogens is 1. The maximum atomic E-state index is 12.3. The molecule has 7 heteroatoms. The fourth-order valence-corrected chi connectivity index (χ4v) is 0.808. The van der Waals surface area contributed by atoms with E-state index in [0.717, 1.165) is 6.20 Å². The van der Waals surface area contributed by atoms with Crippen molar-refractivity contribution in [3.05, 3.63) is 17.5 Å². The van der Waals surface area contributed by atoms with Crippen LogP contribution in [0.15, 0.2) is 6.20 Å². The number of rotatable bonds is 2. The molecule has 0 aliphatic heterocycles. The smallest absolute Gasteiger partial charge is 0.365 e. The predicted octanol–water partition coefficient (Wildman–Crippen LogP) is 1.40. The summed E-state index contributed by atoms with van der Waals surface area (Å²) in [6, 6.07) is 0. The predicted molar refractivity (Wildman–Crippen MR) is 35.3 cm³/mol. The maximum Gasteiger partial charge on any atom is 0.365 e. The Balaban J connectivity index is 3.17. The highest BCUT2D eigenvalue weighted by molar-refractivity contribution is 6.22. The second kappa shape index (κ2) is 2.71. The third-order valence-electron chi connectivity index (χ3n) is 1.15. The molecule has 0 aromatic carbocycles. The second-order valence-electron chi connectivity index (χ2n) is 1.96. The van der Waals surface area contributed by atoms with Crippen molar-refractivity contribution in [3.8, 4) is 0 Å². The lowest BCUT2D eigenvalue weighted by Crippen LogP contribution is -2.10. The van der Waals surface area contributed by atoms with E-state index in [1.807, 2.05) is 5.10 Å². The number of aromatic amines is 1. The number of halogens is 3. The number of hydrogen-bond donors (Lipinski definition) is 2. The lowest BCUT2D eigenvalue weighted by Gasteiger charge is -2.04. The van der Waals surface area contributed by atoms with Gasteiger partial charge in [-0.3, -0.25) is 5.10 Å². The Morgan fingerprint density at radius 1 is 1.75 bits per heavy atom. The molecule has 0 aliphatic carbocycles. The van der Waals surface area contributed by atoms with Crippen molar-refractivity contribution in [2.75, 3.05) is 0 Å². The first-order chi connectivity index (χ1) is 5.43. The third-order valence-corrected chi connectivity index (χ3v) is 1.34. The summed E-state index contributed by atoms with van der Waals surface area (Å²) in [6.45, 7) is 0. The molecule has 1 heterocycles. The number of carboxylic acids is 1. The standard InChI is InChI=1S/C5H3ClF2N2O2/c6-5(7,8)3-2(4(11)12)1-9-10-3/h1H,(H,9,10)(H,11,12). The van der Waals surface area contributed by atoms with Crippen molar-refractivity contribution in [2.45, 2.75) is 5.38 Å². The number of nitrogens with zero attached hydrogens (tertiary/aromatic N) is 1. The Bertz CT molecular complexity index is 307. The fraction of sp³-hybridized carbons (Fsp3) is 0.200. The van der Waals surface area contributed by atoms with Crippen LogP contribution >= 0.6 is 11.6 Å². The number of carbonyl (C=O) groups is 1. The van der Waals surface area contributed by atoms with Crippen molar-refractivity contribution >= 4 is 17.6 Å². The molecule has 0 atom stereocenters. The van der Waals surface area contributed by atoms with Gasteiger partial charge >= 0.3 is 11.4 Å². The Hall–Kier alpha value is -1.17. The van der Waals surface area contributed by atoms with Crippen LogP contribution in [0, 0.1) is 0 Å². The molecule has 4 nitrogen and oxygen atoms in total. The van der Waals surface area contributed by atoms with Gasteiger partial charge in [-0.15, -0.1) is 0 Å². The largest absolute Gasteiger partial charge is 0.478 e. The molecule has 0 saturated carbocycles. The summed E-state index contributed by atoms with van der Waals surface area (Å²) < 4.78 is 24.7. The first-order valence-electron chi connectivity index (χ1n) is 2.77. The summed E-state index contributed by atoms with van der Waals surface area (Å²) >= 11 is 4.58. The molecule has 0 fully saturated rings. The molecule has 0 saturated heterocycles. The lowest BCUT2D eigenvalue weighted by molar-refractivity contribution is 0.0653. The van der Waals surface area contributed by atoms with Crippen LogP contribution in [0.2, 0.25) is 0 Å². The molecule has 0 amide bonds. The molecule has 0 bridgehead atoms. The molecule has 1 rings (SSSR count). The van der Waals surface area contributed by atoms with E-state index in [1.54, 1.807) is 0 Å². The van der Waals surface area contributed by atoms with Crippen LogP contribution < -0.4 is 0 Å². The van der Waals surface area contributed by atoms with Crippen LogP contribution in [0.25, 0.3) is 0 Å². The Labute approximate surface area is 70.1 Å². The zero-order chi connectivity index (χ0) is 9.35. The van der Waals surface area contributed by atoms with Crippen LogP contribution in [0.5, 0.6) is 0 Å². The minimum atomic E-state index is -3.73. The van der Waals surface area contributed by atoms with Crippen LogP contribution in [0.3, 0.4) is 0 Å². The van der Waals surface area contributed by atoms with Crippen molar-refractivity contribution < 1.29 is 18.7 Å². The maximum absolute atomic E-state index is 12.3. The van der Waals surface area contributed by atoms with E-state index in [9.17, 15) is 13.6 Å². The molecule has 1 aromatic rings.